The molecule has 0 fully saturated rings. The lowest BCUT2D eigenvalue weighted by Gasteiger charge is -2.25. The smallest absolute Gasteiger partial charge is 0.335 e. The Kier molecular flexibility index (Phi) is 6.69. The third-order valence-corrected chi connectivity index (χ3v) is 5.46. The molecule has 0 aromatic heterocycles. The molecule has 2 atom stereocenters. The largest absolute Gasteiger partial charge is 0.478 e. The summed E-state index contributed by atoms with van der Waals surface area (Å²) in [6.45, 7) is 1.93. The zero-order chi connectivity index (χ0) is 19.3. The van der Waals surface area contributed by atoms with Gasteiger partial charge in [0.05, 0.1) is 11.6 Å². The molecule has 5 nitrogen and oxygen atoms in total. The third-order valence-electron chi connectivity index (χ3n) is 4.52. The molecule has 6 heteroatoms. The highest BCUT2D eigenvalue weighted by Crippen LogP contribution is 2.21. The highest BCUT2D eigenvalue weighted by atomic mass is 32.2. The molecule has 1 amide bonds. The van der Waals surface area contributed by atoms with Crippen molar-refractivity contribution in [3.8, 4) is 0 Å². The summed E-state index contributed by atoms with van der Waals surface area (Å²) in [7, 11) is 0.709. The molecule has 0 radical (unpaired) electrons. The number of benzene rings is 2. The number of carboxylic acids is 1. The number of hydrogen-bond acceptors (Lipinski definition) is 3. The van der Waals surface area contributed by atoms with Crippen LogP contribution < -0.4 is 0 Å². The second kappa shape index (κ2) is 8.76. The average Bonchev–Trinajstić information content (AvgIpc) is 2.65. The SMILES string of the molecule is CC(c1ccc(S(C)=O)cc1)N(C)C(=O)CCc1ccccc1C(=O)O. The lowest BCUT2D eigenvalue weighted by molar-refractivity contribution is -0.131. The zero-order valence-electron chi connectivity index (χ0n) is 15.1. The maximum Gasteiger partial charge on any atom is 0.335 e. The van der Waals surface area contributed by atoms with E-state index in [9.17, 15) is 18.9 Å². The fraction of sp³-hybridized carbons (Fsp3) is 0.300. The highest BCUT2D eigenvalue weighted by Gasteiger charge is 2.18. The van der Waals surface area contributed by atoms with Crippen LogP contribution in [-0.2, 0) is 22.0 Å². The summed E-state index contributed by atoms with van der Waals surface area (Å²) in [6, 6.07) is 14.0. The second-order valence-corrected chi connectivity index (χ2v) is 7.55. The van der Waals surface area contributed by atoms with E-state index >= 15 is 0 Å². The van der Waals surface area contributed by atoms with Gasteiger partial charge in [-0.3, -0.25) is 9.00 Å². The lowest BCUT2D eigenvalue weighted by atomic mass is 10.0. The van der Waals surface area contributed by atoms with Gasteiger partial charge in [0.1, 0.15) is 0 Å². The van der Waals surface area contributed by atoms with Crippen molar-refractivity contribution in [2.24, 2.45) is 0 Å². The van der Waals surface area contributed by atoms with Crippen LogP contribution in [0.3, 0.4) is 0 Å². The van der Waals surface area contributed by atoms with Gasteiger partial charge >= 0.3 is 5.97 Å². The van der Waals surface area contributed by atoms with E-state index in [1.165, 1.54) is 0 Å². The minimum atomic E-state index is -1.03. The predicted molar refractivity (Wildman–Crippen MR) is 102 cm³/mol. The summed E-state index contributed by atoms with van der Waals surface area (Å²) in [5.74, 6) is -1.04. The van der Waals surface area contributed by atoms with Crippen molar-refractivity contribution >= 4 is 22.7 Å². The van der Waals surface area contributed by atoms with Gasteiger partial charge in [0.2, 0.25) is 5.91 Å². The van der Waals surface area contributed by atoms with E-state index in [1.54, 1.807) is 42.5 Å². The van der Waals surface area contributed by atoms with E-state index in [0.29, 0.717) is 12.0 Å². The zero-order valence-corrected chi connectivity index (χ0v) is 16.0. The van der Waals surface area contributed by atoms with E-state index in [1.807, 2.05) is 31.2 Å². The predicted octanol–water partition coefficient (Wildman–Crippen LogP) is 3.27. The van der Waals surface area contributed by atoms with Gasteiger partial charge in [-0.05, 0) is 42.7 Å². The minimum absolute atomic E-state index is 0.0548. The van der Waals surface area contributed by atoms with Crippen LogP contribution in [0.25, 0.3) is 0 Å². The van der Waals surface area contributed by atoms with Crippen LogP contribution in [0.1, 0.15) is 40.9 Å². The van der Waals surface area contributed by atoms with Gasteiger partial charge in [-0.15, -0.1) is 0 Å². The number of amides is 1. The molecule has 1 N–H and O–H groups in total. The van der Waals surface area contributed by atoms with Crippen molar-refractivity contribution in [1.82, 2.24) is 4.90 Å². The van der Waals surface area contributed by atoms with Gasteiger partial charge in [-0.25, -0.2) is 4.79 Å². The molecule has 0 aliphatic carbocycles. The highest BCUT2D eigenvalue weighted by molar-refractivity contribution is 7.84. The molecule has 0 saturated heterocycles. The maximum absolute atomic E-state index is 12.5. The molecule has 0 aliphatic heterocycles. The first-order valence-electron chi connectivity index (χ1n) is 8.31. The molecule has 0 saturated carbocycles. The third kappa shape index (κ3) is 4.79. The number of carbonyl (C=O) groups is 2. The van der Waals surface area contributed by atoms with Gasteiger partial charge in [0.15, 0.2) is 0 Å². The summed E-state index contributed by atoms with van der Waals surface area (Å²) in [5, 5.41) is 9.22. The Hall–Kier alpha value is -2.47. The van der Waals surface area contributed by atoms with Gasteiger partial charge in [-0.1, -0.05) is 30.3 Å². The average molecular weight is 373 g/mol. The molecular weight excluding hydrogens is 350 g/mol. The van der Waals surface area contributed by atoms with E-state index in [0.717, 1.165) is 10.5 Å². The van der Waals surface area contributed by atoms with Crippen molar-refractivity contribution < 1.29 is 18.9 Å². The van der Waals surface area contributed by atoms with Gasteiger partial charge < -0.3 is 10.0 Å². The molecule has 2 rings (SSSR count). The van der Waals surface area contributed by atoms with Crippen LogP contribution in [0.15, 0.2) is 53.4 Å². The molecule has 0 bridgehead atoms. The number of nitrogens with zero attached hydrogens (tertiary/aromatic N) is 1. The van der Waals surface area contributed by atoms with Crippen molar-refractivity contribution in [3.05, 3.63) is 65.2 Å². The van der Waals surface area contributed by atoms with Crippen molar-refractivity contribution in [2.75, 3.05) is 13.3 Å². The molecule has 26 heavy (non-hydrogen) atoms. The fourth-order valence-corrected chi connectivity index (χ4v) is 3.26. The summed E-state index contributed by atoms with van der Waals surface area (Å²) in [5.41, 5.74) is 1.85. The van der Waals surface area contributed by atoms with E-state index in [-0.39, 0.29) is 23.9 Å². The van der Waals surface area contributed by atoms with Crippen LogP contribution in [0.5, 0.6) is 0 Å². The summed E-state index contributed by atoms with van der Waals surface area (Å²) >= 11 is 0. The van der Waals surface area contributed by atoms with E-state index in [2.05, 4.69) is 0 Å². The monoisotopic (exact) mass is 373 g/mol. The fourth-order valence-electron chi connectivity index (χ4n) is 2.74. The quantitative estimate of drug-likeness (QED) is 0.808. The first kappa shape index (κ1) is 19.8. The molecule has 2 aromatic rings. The minimum Gasteiger partial charge on any atom is -0.478 e. The Bertz CT molecular complexity index is 817. The summed E-state index contributed by atoms with van der Waals surface area (Å²) in [6.07, 6.45) is 2.25. The van der Waals surface area contributed by atoms with Crippen LogP contribution in [0.2, 0.25) is 0 Å². The number of rotatable bonds is 7. The van der Waals surface area contributed by atoms with Gasteiger partial charge in [0, 0.05) is 35.4 Å². The Morgan fingerprint density at radius 3 is 2.31 bits per heavy atom. The van der Waals surface area contributed by atoms with Crippen LogP contribution in [0.4, 0.5) is 0 Å². The van der Waals surface area contributed by atoms with E-state index in [4.69, 9.17) is 0 Å². The molecule has 2 unspecified atom stereocenters. The van der Waals surface area contributed by atoms with Crippen LogP contribution in [-0.4, -0.2) is 39.4 Å². The molecule has 2 aromatic carbocycles. The van der Waals surface area contributed by atoms with Gasteiger partial charge in [0.25, 0.3) is 0 Å². The molecule has 0 heterocycles. The number of aryl methyl sites for hydroxylation is 1. The Morgan fingerprint density at radius 2 is 1.73 bits per heavy atom. The van der Waals surface area contributed by atoms with E-state index < -0.39 is 16.8 Å². The molecule has 0 spiro atoms. The van der Waals surface area contributed by atoms with Crippen molar-refractivity contribution in [2.45, 2.75) is 30.7 Å². The first-order valence-corrected chi connectivity index (χ1v) is 9.87. The standard InChI is InChI=1S/C20H23NO4S/c1-14(15-8-11-17(12-9-15)26(3)25)21(2)19(22)13-10-16-6-4-5-7-18(16)20(23)24/h4-9,11-12,14H,10,13H2,1-3H3,(H,23,24). The Morgan fingerprint density at radius 1 is 1.12 bits per heavy atom. The first-order chi connectivity index (χ1) is 12.3. The van der Waals surface area contributed by atoms with Gasteiger partial charge in [-0.2, -0.15) is 0 Å². The Labute approximate surface area is 156 Å². The summed E-state index contributed by atoms with van der Waals surface area (Å²) in [4.78, 5) is 26.2. The number of aromatic carboxylic acids is 1. The van der Waals surface area contributed by atoms with Crippen molar-refractivity contribution in [3.63, 3.8) is 0 Å². The number of carbonyl (C=O) groups excluding carboxylic acids is 1. The lowest BCUT2D eigenvalue weighted by Crippen LogP contribution is -2.30. The second-order valence-electron chi connectivity index (χ2n) is 6.17. The molecular formula is C20H23NO4S. The van der Waals surface area contributed by atoms with Crippen molar-refractivity contribution in [1.29, 1.82) is 0 Å². The number of carboxylic acid groups (broad SMARTS) is 1. The number of hydrogen-bond donors (Lipinski definition) is 1. The maximum atomic E-state index is 12.5. The van der Waals surface area contributed by atoms with Crippen LogP contribution in [0, 0.1) is 0 Å². The molecule has 0 aliphatic rings. The van der Waals surface area contributed by atoms with Crippen LogP contribution >= 0.6 is 0 Å². The Balaban J connectivity index is 2.03. The normalized spacial score (nSPS) is 13.0. The molecule has 138 valence electrons. The topological polar surface area (TPSA) is 74.7 Å². The summed E-state index contributed by atoms with van der Waals surface area (Å²) < 4.78 is 11.5.